The molecule has 1 atom stereocenters. The number of carbonyl (C=O) groups is 3. The van der Waals surface area contributed by atoms with Crippen LogP contribution >= 0.6 is 7.60 Å². The fourth-order valence-electron chi connectivity index (χ4n) is 4.78. The normalized spacial score (nSPS) is 17.3. The highest BCUT2D eigenvalue weighted by molar-refractivity contribution is 7.53. The molecule has 14 heteroatoms. The zero-order valence-electron chi connectivity index (χ0n) is 24.8. The van der Waals surface area contributed by atoms with Crippen LogP contribution in [0.2, 0.25) is 0 Å². The Labute approximate surface area is 252 Å². The molecule has 0 spiro atoms. The fourth-order valence-corrected chi connectivity index (χ4v) is 5.59. The van der Waals surface area contributed by atoms with Crippen LogP contribution in [0.15, 0.2) is 42.5 Å². The van der Waals surface area contributed by atoms with Crippen LogP contribution in [0.25, 0.3) is 11.3 Å². The smallest absolute Gasteiger partial charge is 0.409 e. The van der Waals surface area contributed by atoms with E-state index in [4.69, 9.17) is 9.26 Å². The zero-order valence-corrected chi connectivity index (χ0v) is 25.7. The first kappa shape index (κ1) is 32.4. The number of anilines is 1. The second-order valence-electron chi connectivity index (χ2n) is 10.7. The van der Waals surface area contributed by atoms with Gasteiger partial charge in [0.05, 0.1) is 18.8 Å². The van der Waals surface area contributed by atoms with Crippen molar-refractivity contribution < 1.29 is 33.1 Å². The molecule has 2 aromatic rings. The highest BCUT2D eigenvalue weighted by Gasteiger charge is 2.29. The average molecular weight is 617 g/mol. The maximum absolute atomic E-state index is 13.1. The molecule has 43 heavy (non-hydrogen) atoms. The van der Waals surface area contributed by atoms with Gasteiger partial charge in [-0.25, -0.2) is 19.1 Å². The molecule has 4 rings (SSSR count). The van der Waals surface area contributed by atoms with E-state index >= 15 is 0 Å². The van der Waals surface area contributed by atoms with E-state index in [1.807, 2.05) is 43.3 Å². The molecular weight excluding hydrogens is 575 g/mol. The quantitative estimate of drug-likeness (QED) is 0.284. The summed E-state index contributed by atoms with van der Waals surface area (Å²) >= 11 is 0. The average Bonchev–Trinajstić information content (AvgIpc) is 3.01. The number of pyridine rings is 1. The van der Waals surface area contributed by atoms with Crippen LogP contribution in [0.4, 0.5) is 10.5 Å². The maximum Gasteiger partial charge on any atom is 0.409 e. The molecule has 1 aromatic carbocycles. The number of ether oxygens (including phenoxy) is 1. The van der Waals surface area contributed by atoms with Gasteiger partial charge in [0.2, 0.25) is 5.91 Å². The van der Waals surface area contributed by atoms with Gasteiger partial charge in [0.25, 0.3) is 0 Å². The summed E-state index contributed by atoms with van der Waals surface area (Å²) in [5.41, 5.74) is 2.05. The molecule has 0 radical (unpaired) electrons. The molecule has 1 aromatic heterocycles. The van der Waals surface area contributed by atoms with Crippen molar-refractivity contribution >= 4 is 31.3 Å². The van der Waals surface area contributed by atoms with Crippen molar-refractivity contribution in [2.45, 2.75) is 19.8 Å². The lowest BCUT2D eigenvalue weighted by molar-refractivity contribution is -0.131. The first-order valence-electron chi connectivity index (χ1n) is 14.6. The Bertz CT molecular complexity index is 1300. The first-order chi connectivity index (χ1) is 20.6. The minimum absolute atomic E-state index is 0.0771. The van der Waals surface area contributed by atoms with Crippen LogP contribution in [0.5, 0.6) is 0 Å². The highest BCUT2D eigenvalue weighted by atomic mass is 31.2. The molecule has 2 N–H and O–H groups in total. The number of benzene rings is 1. The lowest BCUT2D eigenvalue weighted by Crippen LogP contribution is -2.52. The van der Waals surface area contributed by atoms with E-state index in [2.05, 4.69) is 27.1 Å². The number of rotatable bonds is 11. The van der Waals surface area contributed by atoms with Crippen molar-refractivity contribution in [2.75, 3.05) is 83.7 Å². The SMILES string of the molecule is CCCCOC(=O)N1CCN(C(=O)CNC[P@@](=O)(O)OC(=O)c2cc(N3CCN(C)CC3)cc(-c3ccccc3)n2)CC1. The Morgan fingerprint density at radius 3 is 2.33 bits per heavy atom. The van der Waals surface area contributed by atoms with Gasteiger partial charge in [-0.1, -0.05) is 43.7 Å². The Kier molecular flexibility index (Phi) is 11.5. The molecule has 2 aliphatic heterocycles. The molecule has 234 valence electrons. The van der Waals surface area contributed by atoms with E-state index in [1.165, 1.54) is 0 Å². The third-order valence-electron chi connectivity index (χ3n) is 7.38. The third kappa shape index (κ3) is 9.49. The first-order valence-corrected chi connectivity index (χ1v) is 16.4. The van der Waals surface area contributed by atoms with Gasteiger partial charge in [-0.2, -0.15) is 0 Å². The Morgan fingerprint density at radius 2 is 1.65 bits per heavy atom. The van der Waals surface area contributed by atoms with Gasteiger partial charge in [-0.3, -0.25) is 10.1 Å². The van der Waals surface area contributed by atoms with Crippen LogP contribution < -0.4 is 10.2 Å². The second-order valence-corrected chi connectivity index (χ2v) is 12.5. The van der Waals surface area contributed by atoms with Crippen molar-refractivity contribution in [3.8, 4) is 11.3 Å². The fraction of sp³-hybridized carbons (Fsp3) is 0.517. The topological polar surface area (TPSA) is 145 Å². The van der Waals surface area contributed by atoms with Crippen molar-refractivity contribution in [2.24, 2.45) is 0 Å². The van der Waals surface area contributed by atoms with Crippen LogP contribution in [0.1, 0.15) is 30.3 Å². The number of hydrogen-bond donors (Lipinski definition) is 2. The van der Waals surface area contributed by atoms with E-state index in [0.717, 1.165) is 50.3 Å². The zero-order chi connectivity index (χ0) is 30.8. The van der Waals surface area contributed by atoms with Gasteiger partial charge in [0.15, 0.2) is 5.69 Å². The molecule has 3 heterocycles. The van der Waals surface area contributed by atoms with Crippen LogP contribution in [-0.2, 0) is 18.6 Å². The number of nitrogens with one attached hydrogen (secondary N) is 1. The molecule has 0 unspecified atom stereocenters. The standard InChI is InChI=1S/C29H41N6O7P/c1-3-4-18-41-29(38)35-16-14-34(15-17-35)27(36)21-30-22-43(39,40)42-28(37)26-20-24(33-12-10-32(2)11-13-33)19-25(31-26)23-8-6-5-7-9-23/h5-9,19-20,30H,3-4,10-18,21-22H2,1-2H3,(H,39,40). The molecule has 0 aliphatic carbocycles. The Morgan fingerprint density at radius 1 is 0.977 bits per heavy atom. The number of likely N-dealkylation sites (N-methyl/N-ethyl adjacent to an activating group) is 1. The van der Waals surface area contributed by atoms with Gasteiger partial charge in [0, 0.05) is 63.6 Å². The number of piperazine rings is 2. The molecule has 2 amide bonds. The third-order valence-corrected chi connectivity index (χ3v) is 8.46. The summed E-state index contributed by atoms with van der Waals surface area (Å²) in [7, 11) is -2.40. The van der Waals surface area contributed by atoms with E-state index in [0.29, 0.717) is 38.5 Å². The largest absolute Gasteiger partial charge is 0.449 e. The summed E-state index contributed by atoms with van der Waals surface area (Å²) < 4.78 is 23.0. The van der Waals surface area contributed by atoms with Gasteiger partial charge in [-0.05, 0) is 25.6 Å². The predicted octanol–water partition coefficient (Wildman–Crippen LogP) is 2.47. The molecule has 13 nitrogen and oxygen atoms in total. The van der Waals surface area contributed by atoms with Gasteiger partial charge >= 0.3 is 19.7 Å². The van der Waals surface area contributed by atoms with Crippen molar-refractivity contribution in [3.05, 3.63) is 48.2 Å². The molecule has 2 aliphatic rings. The van der Waals surface area contributed by atoms with Gasteiger partial charge in [-0.15, -0.1) is 0 Å². The highest BCUT2D eigenvalue weighted by Crippen LogP contribution is 2.41. The van der Waals surface area contributed by atoms with Crippen LogP contribution in [0, 0.1) is 0 Å². The minimum Gasteiger partial charge on any atom is -0.449 e. The molecule has 2 fully saturated rings. The number of amides is 2. The Balaban J connectivity index is 1.31. The summed E-state index contributed by atoms with van der Waals surface area (Å²) in [5, 5.41) is 2.63. The van der Waals surface area contributed by atoms with E-state index in [1.54, 1.807) is 15.9 Å². The second kappa shape index (κ2) is 15.3. The number of aromatic nitrogens is 1. The summed E-state index contributed by atoms with van der Waals surface area (Å²) in [4.78, 5) is 60.1. The van der Waals surface area contributed by atoms with E-state index in [-0.39, 0.29) is 24.2 Å². The maximum atomic E-state index is 13.1. The monoisotopic (exact) mass is 616 g/mol. The van der Waals surface area contributed by atoms with Crippen LogP contribution in [-0.4, -0.2) is 121 Å². The summed E-state index contributed by atoms with van der Waals surface area (Å²) in [6.45, 7) is 6.75. The number of unbranched alkanes of at least 4 members (excludes halogenated alkanes) is 1. The minimum atomic E-state index is -4.45. The van der Waals surface area contributed by atoms with Crippen molar-refractivity contribution in [1.82, 2.24) is 25.0 Å². The van der Waals surface area contributed by atoms with Crippen LogP contribution in [0.3, 0.4) is 0 Å². The van der Waals surface area contributed by atoms with Crippen molar-refractivity contribution in [3.63, 3.8) is 0 Å². The van der Waals surface area contributed by atoms with Gasteiger partial charge < -0.3 is 33.8 Å². The molecule has 0 saturated carbocycles. The van der Waals surface area contributed by atoms with Gasteiger partial charge in [0.1, 0.15) is 6.29 Å². The lowest BCUT2D eigenvalue weighted by atomic mass is 10.1. The lowest BCUT2D eigenvalue weighted by Gasteiger charge is -2.34. The molecule has 0 bridgehead atoms. The predicted molar refractivity (Wildman–Crippen MR) is 162 cm³/mol. The summed E-state index contributed by atoms with van der Waals surface area (Å²) in [5.74, 6) is -1.31. The number of hydrogen-bond acceptors (Lipinski definition) is 10. The van der Waals surface area contributed by atoms with E-state index in [9.17, 15) is 23.8 Å². The number of nitrogens with zero attached hydrogens (tertiary/aromatic N) is 5. The number of carbonyl (C=O) groups excluding carboxylic acids is 3. The molecular formula is C29H41N6O7P. The van der Waals surface area contributed by atoms with E-state index < -0.39 is 19.9 Å². The van der Waals surface area contributed by atoms with Crippen molar-refractivity contribution in [1.29, 1.82) is 0 Å². The summed E-state index contributed by atoms with van der Waals surface area (Å²) in [6, 6.07) is 12.9. The summed E-state index contributed by atoms with van der Waals surface area (Å²) in [6.07, 6.45) is 0.742. The Hall–Kier alpha value is -3.51. The molecule has 2 saturated heterocycles.